The molecule has 4 aliphatic heterocycles. The molecule has 0 bridgehead atoms. The number of hydrogen-bond acceptors (Lipinski definition) is 12. The van der Waals surface area contributed by atoms with Crippen molar-refractivity contribution >= 4 is 29.8 Å². The minimum atomic E-state index is -1.16. The summed E-state index contributed by atoms with van der Waals surface area (Å²) in [7, 11) is 0. The summed E-state index contributed by atoms with van der Waals surface area (Å²) in [5, 5.41) is 11.4. The number of carboxylic acids is 1. The van der Waals surface area contributed by atoms with Gasteiger partial charge in [-0.05, 0) is 13.5 Å². The van der Waals surface area contributed by atoms with E-state index in [0.717, 1.165) is 0 Å². The van der Waals surface area contributed by atoms with Crippen LogP contribution >= 0.6 is 0 Å². The maximum Gasteiger partial charge on any atom is 0.325 e. The molecule has 15 heteroatoms. The van der Waals surface area contributed by atoms with Gasteiger partial charge in [0, 0.05) is 46.5 Å². The van der Waals surface area contributed by atoms with Crippen LogP contribution in [0.15, 0.2) is 0 Å². The third-order valence-corrected chi connectivity index (χ3v) is 5.53. The summed E-state index contributed by atoms with van der Waals surface area (Å²) >= 11 is 0. The molecule has 0 aromatic heterocycles. The van der Waals surface area contributed by atoms with Gasteiger partial charge in [0.25, 0.3) is 17.9 Å². The Morgan fingerprint density at radius 3 is 1.88 bits per heavy atom. The van der Waals surface area contributed by atoms with E-state index in [1.165, 1.54) is 6.92 Å². The summed E-state index contributed by atoms with van der Waals surface area (Å²) in [6.45, 7) is 1.99. The number of rotatable bonds is 4. The molecule has 0 radical (unpaired) electrons. The van der Waals surface area contributed by atoms with Crippen LogP contribution in [0.2, 0.25) is 0 Å². The Hall–Kier alpha value is -1.49. The van der Waals surface area contributed by atoms with Gasteiger partial charge in [0.15, 0.2) is 0 Å². The van der Waals surface area contributed by atoms with Crippen molar-refractivity contribution in [2.24, 2.45) is 0 Å². The maximum atomic E-state index is 12.4. The van der Waals surface area contributed by atoms with Crippen LogP contribution in [0.5, 0.6) is 0 Å². The van der Waals surface area contributed by atoms with Crippen LogP contribution in [0.3, 0.4) is 0 Å². The second-order valence-electron chi connectivity index (χ2n) is 8.08. The van der Waals surface area contributed by atoms with Crippen molar-refractivity contribution in [3.63, 3.8) is 0 Å². The second-order valence-corrected chi connectivity index (χ2v) is 8.08. The zero-order valence-corrected chi connectivity index (χ0v) is 20.6. The maximum absolute atomic E-state index is 12.4. The van der Waals surface area contributed by atoms with Crippen LogP contribution in [-0.2, 0) is 38.2 Å². The Morgan fingerprint density at radius 2 is 1.35 bits per heavy atom. The van der Waals surface area contributed by atoms with E-state index in [-0.39, 0.29) is 98.5 Å². The van der Waals surface area contributed by atoms with Crippen molar-refractivity contribution in [2.75, 3.05) is 58.9 Å². The van der Waals surface area contributed by atoms with Gasteiger partial charge in [0.2, 0.25) is 5.91 Å². The average molecular weight is 624 g/mol. The SMILES string of the molecule is C[C@H](NC(=O)CN1CCN2CC(=O)O[C-]2CN2CC(=O)O[C-]2CN2CC(=O)O[C-]2C1)C(=O)O.[Gd]. The molecule has 1 amide bonds. The number of carbonyl (C=O) groups excluding carboxylic acids is 4. The molecule has 0 aliphatic carbocycles. The van der Waals surface area contributed by atoms with Crippen molar-refractivity contribution in [1.82, 2.24) is 24.9 Å². The minimum absolute atomic E-state index is 0. The van der Waals surface area contributed by atoms with Gasteiger partial charge >= 0.3 is 5.97 Å². The molecule has 2 N–H and O–H groups in total. The zero-order chi connectivity index (χ0) is 23.7. The number of amides is 1. The third-order valence-electron chi connectivity index (χ3n) is 5.53. The Labute approximate surface area is 227 Å². The molecule has 4 saturated heterocycles. The Bertz CT molecular complexity index is 845. The standard InChI is InChI=1S/C19H24N5O9.Gd/c1-11(19(29)30)20-12(25)4-21-2-3-22-8-16(26)32-14(22)6-24-10-18(28)33-15(24)7-23-9-17(27)31-13(23)5-21;/h11H,2-10H2,1H3,(H,20,25)(H,29,30);/q-3;/t11-;/m0./s1. The zero-order valence-electron chi connectivity index (χ0n) is 18.3. The minimum Gasteiger partial charge on any atom is -0.617 e. The molecule has 14 nitrogen and oxygen atoms in total. The number of hydrogen-bond donors (Lipinski definition) is 2. The number of nitrogens with zero attached hydrogens (tertiary/aromatic N) is 4. The Balaban J connectivity index is 0.00000324. The van der Waals surface area contributed by atoms with E-state index in [0.29, 0.717) is 19.0 Å². The molecule has 4 heterocycles. The van der Waals surface area contributed by atoms with E-state index in [1.807, 2.05) is 0 Å². The van der Waals surface area contributed by atoms with Crippen molar-refractivity contribution in [2.45, 2.75) is 13.0 Å². The summed E-state index contributed by atoms with van der Waals surface area (Å²) in [6.07, 6.45) is 0.942. The number of carbonyl (C=O) groups is 5. The number of ether oxygens (including phenoxy) is 3. The molecule has 0 saturated carbocycles. The topological polar surface area (TPSA) is 158 Å². The molecule has 0 aromatic rings. The van der Waals surface area contributed by atoms with Gasteiger partial charge in [-0.2, -0.15) is 0 Å². The van der Waals surface area contributed by atoms with Gasteiger partial charge in [-0.25, -0.2) is 0 Å². The smallest absolute Gasteiger partial charge is 0.325 e. The normalized spacial score (nSPS) is 25.0. The molecule has 0 spiro atoms. The van der Waals surface area contributed by atoms with Crippen molar-refractivity contribution < 1.29 is 83.2 Å². The summed E-state index contributed by atoms with van der Waals surface area (Å²) < 4.78 is 16.0. The van der Waals surface area contributed by atoms with Crippen LogP contribution in [0.25, 0.3) is 0 Å². The monoisotopic (exact) mass is 624 g/mol. The summed E-state index contributed by atoms with van der Waals surface area (Å²) in [5.74, 6) is -3.06. The molecule has 0 unspecified atom stereocenters. The fourth-order valence-corrected chi connectivity index (χ4v) is 3.85. The predicted molar refractivity (Wildman–Crippen MR) is 104 cm³/mol. The van der Waals surface area contributed by atoms with E-state index in [4.69, 9.17) is 19.3 Å². The van der Waals surface area contributed by atoms with E-state index >= 15 is 0 Å². The van der Waals surface area contributed by atoms with Crippen LogP contribution in [0, 0.1) is 58.6 Å². The van der Waals surface area contributed by atoms with Crippen LogP contribution in [0.4, 0.5) is 0 Å². The summed E-state index contributed by atoms with van der Waals surface area (Å²) in [6, 6.07) is -1.07. The molecule has 4 aliphatic rings. The second kappa shape index (κ2) is 11.5. The number of nitrogens with one attached hydrogen (secondary N) is 1. The van der Waals surface area contributed by atoms with E-state index in [2.05, 4.69) is 5.32 Å². The predicted octanol–water partition coefficient (Wildman–Crippen LogP) is -3.06. The largest absolute Gasteiger partial charge is 0.617 e. The first-order valence-corrected chi connectivity index (χ1v) is 10.4. The molecule has 0 aromatic carbocycles. The van der Waals surface area contributed by atoms with Crippen LogP contribution < -0.4 is 5.32 Å². The third kappa shape index (κ3) is 6.59. The Kier molecular flexibility index (Phi) is 9.17. The molecule has 34 heavy (non-hydrogen) atoms. The molecule has 4 rings (SSSR count). The van der Waals surface area contributed by atoms with E-state index < -0.39 is 35.8 Å². The first-order chi connectivity index (χ1) is 15.7. The average Bonchev–Trinajstić information content (AvgIpc) is 3.36. The van der Waals surface area contributed by atoms with Gasteiger partial charge in [-0.15, -0.1) is 13.1 Å². The fourth-order valence-electron chi connectivity index (χ4n) is 3.85. The molecular formula is C19H24GdN5O9-3. The molecule has 190 valence electrons. The summed E-state index contributed by atoms with van der Waals surface area (Å²) in [4.78, 5) is 65.9. The van der Waals surface area contributed by atoms with Crippen LogP contribution in [-0.4, -0.2) is 119 Å². The van der Waals surface area contributed by atoms with Gasteiger partial charge < -0.3 is 44.2 Å². The van der Waals surface area contributed by atoms with E-state index in [1.54, 1.807) is 19.6 Å². The number of esters is 3. The number of fused-ring (bicyclic) bond motifs is 3. The molecule has 1 atom stereocenters. The van der Waals surface area contributed by atoms with Gasteiger partial charge in [-0.3, -0.25) is 24.0 Å². The van der Waals surface area contributed by atoms with E-state index in [9.17, 15) is 24.0 Å². The first kappa shape index (κ1) is 27.1. The quantitative estimate of drug-likeness (QED) is 0.185. The number of aliphatic carboxylic acids is 1. The molecular weight excluding hydrogens is 599 g/mol. The first-order valence-electron chi connectivity index (χ1n) is 10.4. The number of carboxylic acid groups (broad SMARTS) is 1. The van der Waals surface area contributed by atoms with Crippen LogP contribution in [0.1, 0.15) is 6.92 Å². The molecule has 4 fully saturated rings. The van der Waals surface area contributed by atoms with Crippen molar-refractivity contribution in [3.05, 3.63) is 18.7 Å². The fraction of sp³-hybridized carbons (Fsp3) is 0.579. The van der Waals surface area contributed by atoms with Gasteiger partial charge in [0.05, 0.1) is 26.2 Å². The summed E-state index contributed by atoms with van der Waals surface area (Å²) in [5.41, 5.74) is 0. The van der Waals surface area contributed by atoms with Crippen molar-refractivity contribution in [3.8, 4) is 0 Å². The Morgan fingerprint density at radius 1 is 0.882 bits per heavy atom. The van der Waals surface area contributed by atoms with Gasteiger partial charge in [0.1, 0.15) is 6.04 Å². The van der Waals surface area contributed by atoms with Crippen molar-refractivity contribution in [1.29, 1.82) is 0 Å². The van der Waals surface area contributed by atoms with Gasteiger partial charge in [-0.1, -0.05) is 25.2 Å².